The largest absolute Gasteiger partial charge is 0.471 e. The summed E-state index contributed by atoms with van der Waals surface area (Å²) in [5.41, 5.74) is 6.62. The van der Waals surface area contributed by atoms with Gasteiger partial charge in [-0.3, -0.25) is 0 Å². The number of fused-ring (bicyclic) bond motifs is 6. The Morgan fingerprint density at radius 2 is 1.87 bits per heavy atom. The second kappa shape index (κ2) is 6.60. The first-order valence-corrected chi connectivity index (χ1v) is 11.8. The zero-order valence-electron chi connectivity index (χ0n) is 18.2. The highest BCUT2D eigenvalue weighted by Gasteiger charge is 2.50. The smallest absolute Gasteiger partial charge is 0.221 e. The van der Waals surface area contributed by atoms with Gasteiger partial charge in [0.1, 0.15) is 10.6 Å². The minimum Gasteiger partial charge on any atom is -0.471 e. The van der Waals surface area contributed by atoms with Gasteiger partial charge in [-0.25, -0.2) is 9.67 Å². The normalized spacial score (nSPS) is 21.2. The summed E-state index contributed by atoms with van der Waals surface area (Å²) in [6.07, 6.45) is 0. The van der Waals surface area contributed by atoms with Gasteiger partial charge in [0.25, 0.3) is 0 Å². The van der Waals surface area contributed by atoms with E-state index in [2.05, 4.69) is 64.1 Å². The fraction of sp³-hybridized carbons (Fsp3) is 0.308. The van der Waals surface area contributed by atoms with Gasteiger partial charge in [-0.2, -0.15) is 5.10 Å². The molecule has 0 saturated carbocycles. The molecule has 0 amide bonds. The summed E-state index contributed by atoms with van der Waals surface area (Å²) in [6, 6.07) is 19.1. The van der Waals surface area contributed by atoms with Crippen LogP contribution in [0.3, 0.4) is 0 Å². The van der Waals surface area contributed by atoms with Crippen LogP contribution in [0.1, 0.15) is 42.1 Å². The molecule has 156 valence electrons. The maximum absolute atomic E-state index is 6.68. The molecule has 4 heterocycles. The number of para-hydroxylation sites is 2. The summed E-state index contributed by atoms with van der Waals surface area (Å²) < 4.78 is 8.66. The third kappa shape index (κ3) is 2.76. The summed E-state index contributed by atoms with van der Waals surface area (Å²) in [5.74, 6) is 2.44. The molecular weight excluding hydrogens is 402 g/mol. The van der Waals surface area contributed by atoms with Crippen LogP contribution in [-0.2, 0) is 0 Å². The standard InChI is InChI=1S/C26H25N3OS/c1-15-9-8-10-17-13-19-22-20(14-31-24(19)27-23(15)17)26(3,4)30-25-21(22)16(2)28-29(25)18-11-6-5-7-12-18/h5-13,20,22H,14H2,1-4H3/t20-,22+/m1/s1. The van der Waals surface area contributed by atoms with Crippen LogP contribution in [-0.4, -0.2) is 26.1 Å². The van der Waals surface area contributed by atoms with Crippen molar-refractivity contribution in [2.75, 3.05) is 5.75 Å². The van der Waals surface area contributed by atoms with Crippen LogP contribution in [0.15, 0.2) is 59.6 Å². The van der Waals surface area contributed by atoms with Gasteiger partial charge in [-0.1, -0.05) is 36.4 Å². The lowest BCUT2D eigenvalue weighted by atomic mass is 9.72. The van der Waals surface area contributed by atoms with Crippen LogP contribution in [0.2, 0.25) is 0 Å². The van der Waals surface area contributed by atoms with Gasteiger partial charge in [0.05, 0.1) is 16.9 Å². The fourth-order valence-electron chi connectivity index (χ4n) is 5.17. The van der Waals surface area contributed by atoms with E-state index >= 15 is 0 Å². The van der Waals surface area contributed by atoms with Crippen molar-refractivity contribution in [2.24, 2.45) is 5.92 Å². The van der Waals surface area contributed by atoms with Gasteiger partial charge in [-0.05, 0) is 57.0 Å². The summed E-state index contributed by atoms with van der Waals surface area (Å²) in [7, 11) is 0. The summed E-state index contributed by atoms with van der Waals surface area (Å²) in [5, 5.41) is 7.29. The Labute approximate surface area is 186 Å². The molecule has 31 heavy (non-hydrogen) atoms. The van der Waals surface area contributed by atoms with Crippen molar-refractivity contribution in [3.05, 3.63) is 77.0 Å². The van der Waals surface area contributed by atoms with Gasteiger partial charge < -0.3 is 4.74 Å². The molecule has 4 aromatic rings. The number of aryl methyl sites for hydroxylation is 2. The highest BCUT2D eigenvalue weighted by atomic mass is 32.2. The highest BCUT2D eigenvalue weighted by Crippen LogP contribution is 2.55. The summed E-state index contributed by atoms with van der Waals surface area (Å²) in [4.78, 5) is 5.12. The molecule has 0 bridgehead atoms. The number of aromatic nitrogens is 3. The molecule has 0 aliphatic carbocycles. The number of benzene rings is 2. The van der Waals surface area contributed by atoms with Crippen LogP contribution in [0.4, 0.5) is 0 Å². The van der Waals surface area contributed by atoms with Gasteiger partial charge in [-0.15, -0.1) is 11.8 Å². The molecule has 4 nitrogen and oxygen atoms in total. The van der Waals surface area contributed by atoms with Crippen LogP contribution >= 0.6 is 11.8 Å². The Bertz CT molecular complexity index is 1330. The van der Waals surface area contributed by atoms with Crippen molar-refractivity contribution in [1.82, 2.24) is 14.8 Å². The lowest BCUT2D eigenvalue weighted by Crippen LogP contribution is -2.47. The van der Waals surface area contributed by atoms with Gasteiger partial charge >= 0.3 is 0 Å². The lowest BCUT2D eigenvalue weighted by molar-refractivity contribution is 0.0199. The second-order valence-corrected chi connectivity index (χ2v) is 10.2. The Balaban J connectivity index is 1.62. The molecular formula is C26H25N3OS. The Kier molecular flexibility index (Phi) is 4.03. The van der Waals surface area contributed by atoms with E-state index in [1.165, 1.54) is 22.1 Å². The first-order chi connectivity index (χ1) is 14.9. The van der Waals surface area contributed by atoms with E-state index in [0.717, 1.165) is 33.6 Å². The topological polar surface area (TPSA) is 39.9 Å². The van der Waals surface area contributed by atoms with Crippen molar-refractivity contribution < 1.29 is 4.74 Å². The van der Waals surface area contributed by atoms with E-state index in [9.17, 15) is 0 Å². The van der Waals surface area contributed by atoms with Crippen LogP contribution in [0.25, 0.3) is 16.6 Å². The number of rotatable bonds is 1. The number of pyridine rings is 1. The van der Waals surface area contributed by atoms with E-state index in [-0.39, 0.29) is 11.5 Å². The Morgan fingerprint density at radius 1 is 1.06 bits per heavy atom. The molecule has 5 heteroatoms. The van der Waals surface area contributed by atoms with E-state index in [0.29, 0.717) is 5.92 Å². The molecule has 2 aliphatic rings. The van der Waals surface area contributed by atoms with Crippen molar-refractivity contribution in [2.45, 2.75) is 44.2 Å². The van der Waals surface area contributed by atoms with Crippen molar-refractivity contribution >= 4 is 22.7 Å². The third-order valence-electron chi connectivity index (χ3n) is 6.80. The first kappa shape index (κ1) is 18.9. The highest BCUT2D eigenvalue weighted by molar-refractivity contribution is 7.99. The lowest BCUT2D eigenvalue weighted by Gasteiger charge is -2.46. The number of hydrogen-bond donors (Lipinski definition) is 0. The number of ether oxygens (including phenoxy) is 1. The van der Waals surface area contributed by atoms with Gasteiger partial charge in [0.15, 0.2) is 0 Å². The minimum absolute atomic E-state index is 0.227. The average Bonchev–Trinajstić information content (AvgIpc) is 3.08. The molecule has 6 rings (SSSR count). The predicted octanol–water partition coefficient (Wildman–Crippen LogP) is 6.06. The minimum atomic E-state index is -0.303. The summed E-state index contributed by atoms with van der Waals surface area (Å²) in [6.45, 7) is 8.68. The third-order valence-corrected chi connectivity index (χ3v) is 7.93. The van der Waals surface area contributed by atoms with E-state index in [4.69, 9.17) is 14.8 Å². The summed E-state index contributed by atoms with van der Waals surface area (Å²) >= 11 is 1.87. The molecule has 0 unspecified atom stereocenters. The molecule has 0 N–H and O–H groups in total. The van der Waals surface area contributed by atoms with Crippen molar-refractivity contribution in [3.63, 3.8) is 0 Å². The number of nitrogens with zero attached hydrogens (tertiary/aromatic N) is 3. The van der Waals surface area contributed by atoms with Crippen molar-refractivity contribution in [1.29, 1.82) is 0 Å². The van der Waals surface area contributed by atoms with Crippen LogP contribution in [0.5, 0.6) is 5.88 Å². The first-order valence-electron chi connectivity index (χ1n) is 10.8. The van der Waals surface area contributed by atoms with Gasteiger partial charge in [0.2, 0.25) is 5.88 Å². The van der Waals surface area contributed by atoms with Crippen LogP contribution in [0, 0.1) is 19.8 Å². The van der Waals surface area contributed by atoms with E-state index in [1.54, 1.807) is 0 Å². The maximum Gasteiger partial charge on any atom is 0.221 e. The quantitative estimate of drug-likeness (QED) is 0.370. The molecule has 2 aliphatic heterocycles. The maximum atomic E-state index is 6.68. The van der Waals surface area contributed by atoms with Crippen LogP contribution < -0.4 is 4.74 Å². The van der Waals surface area contributed by atoms with E-state index in [1.807, 2.05) is 34.6 Å². The molecule has 0 fully saturated rings. The SMILES string of the molecule is Cc1nn(-c2ccccc2)c2c1[C@H]1c3cc4cccc(C)c4nc3SC[C@H]1C(C)(C)O2. The zero-order valence-corrected chi connectivity index (χ0v) is 19.0. The molecule has 0 spiro atoms. The van der Waals surface area contributed by atoms with Gasteiger partial charge in [0, 0.05) is 28.5 Å². The Hall–Kier alpha value is -2.79. The predicted molar refractivity (Wildman–Crippen MR) is 126 cm³/mol. The zero-order chi connectivity index (χ0) is 21.3. The molecule has 2 aromatic heterocycles. The molecule has 2 atom stereocenters. The van der Waals surface area contributed by atoms with Crippen molar-refractivity contribution in [3.8, 4) is 11.6 Å². The molecule has 0 radical (unpaired) electrons. The average molecular weight is 428 g/mol. The van der Waals surface area contributed by atoms with E-state index < -0.39 is 0 Å². The molecule has 0 saturated heterocycles. The second-order valence-electron chi connectivity index (χ2n) is 9.18. The Morgan fingerprint density at radius 3 is 2.68 bits per heavy atom. The molecule has 2 aromatic carbocycles. The number of thioether (sulfide) groups is 1. The fourth-order valence-corrected chi connectivity index (χ4v) is 6.61. The number of hydrogen-bond acceptors (Lipinski definition) is 4. The monoisotopic (exact) mass is 427 g/mol.